The molecule has 4 aliphatic carbocycles. The summed E-state index contributed by atoms with van der Waals surface area (Å²) in [6.45, 7) is 56.7. The van der Waals surface area contributed by atoms with Crippen molar-refractivity contribution in [3.63, 3.8) is 0 Å². The van der Waals surface area contributed by atoms with Crippen LogP contribution in [0.5, 0.6) is 0 Å². The number of para-hydroxylation sites is 2. The van der Waals surface area contributed by atoms with Crippen molar-refractivity contribution in [2.45, 2.75) is 261 Å². The van der Waals surface area contributed by atoms with Crippen LogP contribution in [0, 0.1) is 23.7 Å². The molecule has 0 radical (unpaired) electrons. The first-order valence-electron chi connectivity index (χ1n) is 27.4. The smallest absolute Gasteiger partial charge is 0.212 e. The van der Waals surface area contributed by atoms with E-state index in [0.717, 1.165) is 17.8 Å². The summed E-state index contributed by atoms with van der Waals surface area (Å²) in [4.78, 5) is 10.9. The molecule has 0 spiro atoms. The molecule has 2 aromatic carbocycles. The second-order valence-electron chi connectivity index (χ2n) is 28.1. The van der Waals surface area contributed by atoms with Gasteiger partial charge in [0.25, 0.3) is 0 Å². The van der Waals surface area contributed by atoms with Gasteiger partial charge in [0.15, 0.2) is 0 Å². The third kappa shape index (κ3) is 11.6. The molecule has 6 aliphatic rings. The van der Waals surface area contributed by atoms with Gasteiger partial charge in [-0.15, -0.1) is 0 Å². The first-order valence-corrected chi connectivity index (χ1v) is 36.7. The summed E-state index contributed by atoms with van der Waals surface area (Å²) < 4.78 is 11.1. The zero-order valence-electron chi connectivity index (χ0n) is 48.6. The lowest BCUT2D eigenvalue weighted by Gasteiger charge is -2.72. The van der Waals surface area contributed by atoms with Gasteiger partial charge < -0.3 is 0 Å². The minimum Gasteiger partial charge on any atom is -0.272 e. The van der Waals surface area contributed by atoms with Crippen LogP contribution in [0.4, 0.5) is 11.4 Å². The molecule has 4 saturated carbocycles. The van der Waals surface area contributed by atoms with Crippen molar-refractivity contribution in [3.05, 3.63) is 58.7 Å². The third-order valence-corrected chi connectivity index (χ3v) is 37.7. The van der Waals surface area contributed by atoms with E-state index in [1.165, 1.54) is 84.3 Å². The zero-order chi connectivity index (χ0) is 51.9. The largest absolute Gasteiger partial charge is 0.272 e. The van der Waals surface area contributed by atoms with E-state index in [9.17, 15) is 0 Å². The Hall–Kier alpha value is -0.796. The summed E-state index contributed by atoms with van der Waals surface area (Å²) in [7, 11) is -4.16. The predicted octanol–water partition coefficient (Wildman–Crippen LogP) is 19.2. The number of rotatable bonds is 7. The van der Waals surface area contributed by atoms with Gasteiger partial charge in [-0.05, 0) is 224 Å². The van der Waals surface area contributed by atoms with E-state index in [-0.39, 0.29) is 22.2 Å². The molecule has 69 heavy (non-hydrogen) atoms. The van der Waals surface area contributed by atoms with E-state index in [2.05, 4.69) is 218 Å². The fourth-order valence-electron chi connectivity index (χ4n) is 14.1. The van der Waals surface area contributed by atoms with E-state index >= 15 is 0 Å². The van der Waals surface area contributed by atoms with Crippen LogP contribution in [-0.2, 0) is 0 Å². The van der Waals surface area contributed by atoms with Gasteiger partial charge in [-0.2, -0.15) is 0 Å². The van der Waals surface area contributed by atoms with Crippen molar-refractivity contribution in [3.8, 4) is 0 Å². The summed E-state index contributed by atoms with van der Waals surface area (Å²) >= 11 is 6.59. The molecule has 0 aromatic heterocycles. The van der Waals surface area contributed by atoms with Crippen molar-refractivity contribution in [1.29, 1.82) is 0 Å². The summed E-state index contributed by atoms with van der Waals surface area (Å²) in [6.07, 6.45) is 9.58. The highest BCUT2D eigenvalue weighted by molar-refractivity contribution is 7.85. The summed E-state index contributed by atoms with van der Waals surface area (Å²) in [5.74, 6) is 5.31. The number of nitrogens with zero attached hydrogens (tertiary/aromatic N) is 6. The molecule has 0 N–H and O–H groups in total. The first kappa shape index (κ1) is 57.5. The molecule has 0 amide bonds. The Labute approximate surface area is 434 Å². The predicted molar refractivity (Wildman–Crippen MR) is 315 cm³/mol. The standard InChI is InChI=1S/C29H50N3PSi.C19H27N.C10H24ClN2PSi/c1-19(2)23-14-13-15-24(20(3)4)26(23)30-25-21-16-17-22(18-21)27(25)33-31(28(5,6)7)34(11,12)32(33)29(8,9)10;1-12(2)16-6-5-7-17(13(3)4)19(16)20-18-11-14-8-9-15(18)10-14;1-9(2,3)12-14(11)13(10(4,5)6)15(12,7)8/h13-15,19-22,27H,16-18H2,1-12H3;5-7,12-15H,8-11H2,1-4H3;1-8H3. The topological polar surface area (TPSA) is 37.7 Å². The minimum absolute atomic E-state index is 0.199. The van der Waals surface area contributed by atoms with Gasteiger partial charge in [0, 0.05) is 47.5 Å². The number of fused-ring (bicyclic) bond motifs is 4. The Morgan fingerprint density at radius 1 is 0.522 bits per heavy atom. The molecule has 11 heteroatoms. The summed E-state index contributed by atoms with van der Waals surface area (Å²) in [5, 5.41) is 0. The van der Waals surface area contributed by atoms with Gasteiger partial charge in [-0.25, -0.2) is 0 Å². The van der Waals surface area contributed by atoms with Crippen molar-refractivity contribution >= 4 is 66.6 Å². The minimum atomic E-state index is -1.68. The van der Waals surface area contributed by atoms with Crippen LogP contribution in [0.3, 0.4) is 0 Å². The third-order valence-electron chi connectivity index (χ3n) is 15.9. The number of hydrogen-bond acceptors (Lipinski definition) is 6. The Morgan fingerprint density at radius 2 is 0.899 bits per heavy atom. The van der Waals surface area contributed by atoms with Gasteiger partial charge >= 0.3 is 0 Å². The summed E-state index contributed by atoms with van der Waals surface area (Å²) in [5.41, 5.74) is 12.8. The fraction of sp³-hybridized carbons (Fsp3) is 0.759. The maximum atomic E-state index is 6.59. The zero-order valence-corrected chi connectivity index (χ0v) is 53.1. The van der Waals surface area contributed by atoms with Crippen LogP contribution in [0.2, 0.25) is 26.2 Å². The Kier molecular flexibility index (Phi) is 17.3. The number of hydrogen-bond donors (Lipinski definition) is 0. The average Bonchev–Trinajstić information content (AvgIpc) is 3.98. The second-order valence-corrected chi connectivity index (χ2v) is 41.6. The average molecular weight is 1040 g/mol. The van der Waals surface area contributed by atoms with Gasteiger partial charge in [-0.3, -0.25) is 27.3 Å². The normalized spacial score (nSPS) is 28.0. The van der Waals surface area contributed by atoms with Crippen LogP contribution < -0.4 is 0 Å². The molecule has 6 nitrogen and oxygen atoms in total. The molecule has 5 atom stereocenters. The SMILES string of the molecule is CC(C)(C)N1P(Cl)N(C(C)(C)C)[Si]1(C)C.CC(C)c1cccc(C(C)C)c1N=C1C2CCC(C2)C1P1N(C(C)(C)C)[Si](C)(C)N1C(C)(C)C.CC(C)c1cccc(C(C)C)c1N=C1CC2CCC1C2. The second kappa shape index (κ2) is 20.7. The molecule has 5 unspecified atom stereocenters. The van der Waals surface area contributed by atoms with Crippen LogP contribution in [0.1, 0.15) is 229 Å². The number of aliphatic imine (C=N–C) groups is 2. The molecular formula is C58H101ClN6P2Si2. The maximum absolute atomic E-state index is 6.59. The lowest BCUT2D eigenvalue weighted by Crippen LogP contribution is -2.78. The Balaban J connectivity index is 0.000000189. The van der Waals surface area contributed by atoms with E-state index in [4.69, 9.17) is 21.2 Å². The highest BCUT2D eigenvalue weighted by atomic mass is 35.7. The molecule has 4 bridgehead atoms. The van der Waals surface area contributed by atoms with Crippen LogP contribution in [0.25, 0.3) is 0 Å². The molecule has 388 valence electrons. The van der Waals surface area contributed by atoms with Crippen LogP contribution in [0.15, 0.2) is 46.4 Å². The van der Waals surface area contributed by atoms with E-state index in [1.54, 1.807) is 5.71 Å². The first-order chi connectivity index (χ1) is 31.5. The summed E-state index contributed by atoms with van der Waals surface area (Å²) in [6, 6.07) is 13.6. The highest BCUT2D eigenvalue weighted by Crippen LogP contribution is 2.73. The quantitative estimate of drug-likeness (QED) is 0.205. The Morgan fingerprint density at radius 3 is 1.23 bits per heavy atom. The van der Waals surface area contributed by atoms with Gasteiger partial charge in [0.05, 0.1) is 11.4 Å². The molecule has 2 heterocycles. The number of halogens is 1. The van der Waals surface area contributed by atoms with E-state index < -0.39 is 32.6 Å². The Bertz CT molecular complexity index is 2090. The van der Waals surface area contributed by atoms with Crippen molar-refractivity contribution in [2.24, 2.45) is 33.7 Å². The van der Waals surface area contributed by atoms with E-state index in [0.29, 0.717) is 35.2 Å². The van der Waals surface area contributed by atoms with E-state index in [1.807, 2.05) is 0 Å². The lowest BCUT2D eigenvalue weighted by atomic mass is 9.92. The molecule has 2 aromatic rings. The lowest BCUT2D eigenvalue weighted by molar-refractivity contribution is 0.234. The molecule has 2 aliphatic heterocycles. The van der Waals surface area contributed by atoms with Crippen molar-refractivity contribution < 1.29 is 0 Å². The van der Waals surface area contributed by atoms with Crippen molar-refractivity contribution in [2.75, 3.05) is 0 Å². The van der Waals surface area contributed by atoms with Gasteiger partial charge in [0.1, 0.15) is 7.58 Å². The number of benzene rings is 2. The maximum Gasteiger partial charge on any atom is 0.212 e. The highest BCUT2D eigenvalue weighted by Gasteiger charge is 2.67. The molecule has 6 fully saturated rings. The van der Waals surface area contributed by atoms with Crippen molar-refractivity contribution in [1.82, 2.24) is 17.3 Å². The molecule has 8 rings (SSSR count). The van der Waals surface area contributed by atoms with Crippen LogP contribution in [-0.4, -0.2) is 73.4 Å². The molecule has 2 saturated heterocycles. The molecular weight excluding hydrogens is 934 g/mol. The monoisotopic (exact) mass is 1030 g/mol. The van der Waals surface area contributed by atoms with Gasteiger partial charge in [0.2, 0.25) is 16.8 Å². The fourth-order valence-corrected chi connectivity index (χ4v) is 38.9. The van der Waals surface area contributed by atoms with Crippen LogP contribution >= 0.6 is 27.0 Å². The van der Waals surface area contributed by atoms with Gasteiger partial charge in [-0.1, -0.05) is 103 Å².